The molecule has 1 saturated heterocycles. The van der Waals surface area contributed by atoms with E-state index in [0.29, 0.717) is 11.2 Å². The van der Waals surface area contributed by atoms with Crippen LogP contribution in [0.25, 0.3) is 0 Å². The highest BCUT2D eigenvalue weighted by atomic mass is 32.2. The van der Waals surface area contributed by atoms with E-state index in [9.17, 15) is 5.11 Å². The molecule has 0 aromatic carbocycles. The maximum absolute atomic E-state index is 10.4. The normalized spacial score (nSPS) is 44.0. The Kier molecular flexibility index (Phi) is 2.39. The van der Waals surface area contributed by atoms with E-state index >= 15 is 0 Å². The molecule has 2 rings (SSSR count). The lowest BCUT2D eigenvalue weighted by Gasteiger charge is -2.33. The van der Waals surface area contributed by atoms with Crippen molar-refractivity contribution in [2.45, 2.75) is 49.9 Å². The fourth-order valence-electron chi connectivity index (χ4n) is 2.71. The van der Waals surface area contributed by atoms with Crippen LogP contribution in [0.3, 0.4) is 0 Å². The van der Waals surface area contributed by atoms with Crippen molar-refractivity contribution in [3.05, 3.63) is 0 Å². The molecule has 0 aromatic rings. The van der Waals surface area contributed by atoms with E-state index in [1.54, 1.807) is 0 Å². The first-order valence-corrected chi connectivity index (χ1v) is 6.12. The second-order valence-corrected chi connectivity index (χ2v) is 5.68. The van der Waals surface area contributed by atoms with Gasteiger partial charge in [0.25, 0.3) is 0 Å². The van der Waals surface area contributed by atoms with Crippen molar-refractivity contribution in [3.63, 3.8) is 0 Å². The SMILES string of the molecule is CC1SCCC1(O)C1CCCC1. The summed E-state index contributed by atoms with van der Waals surface area (Å²) in [4.78, 5) is 0. The van der Waals surface area contributed by atoms with Crippen LogP contribution in [0.1, 0.15) is 39.0 Å². The predicted molar refractivity (Wildman–Crippen MR) is 53.4 cm³/mol. The molecule has 1 aliphatic carbocycles. The highest BCUT2D eigenvalue weighted by Gasteiger charge is 2.45. The molecule has 2 aliphatic rings. The van der Waals surface area contributed by atoms with Gasteiger partial charge < -0.3 is 5.11 Å². The van der Waals surface area contributed by atoms with Crippen LogP contribution >= 0.6 is 11.8 Å². The summed E-state index contributed by atoms with van der Waals surface area (Å²) < 4.78 is 0. The van der Waals surface area contributed by atoms with Crippen LogP contribution < -0.4 is 0 Å². The van der Waals surface area contributed by atoms with E-state index in [1.807, 2.05) is 11.8 Å². The summed E-state index contributed by atoms with van der Waals surface area (Å²) in [6, 6.07) is 0. The van der Waals surface area contributed by atoms with E-state index in [2.05, 4.69) is 6.92 Å². The fourth-order valence-corrected chi connectivity index (χ4v) is 4.11. The Hall–Kier alpha value is 0.310. The van der Waals surface area contributed by atoms with Gasteiger partial charge in [0.2, 0.25) is 0 Å². The molecular formula is C10H18OS. The molecule has 1 aliphatic heterocycles. The molecule has 1 saturated carbocycles. The van der Waals surface area contributed by atoms with Crippen molar-refractivity contribution < 1.29 is 5.11 Å². The first kappa shape index (κ1) is 8.89. The van der Waals surface area contributed by atoms with E-state index in [1.165, 1.54) is 25.7 Å². The maximum atomic E-state index is 10.4. The molecule has 2 heteroatoms. The van der Waals surface area contributed by atoms with Crippen molar-refractivity contribution in [2.75, 3.05) is 5.75 Å². The molecule has 2 unspecified atom stereocenters. The average molecular weight is 186 g/mol. The summed E-state index contributed by atoms with van der Waals surface area (Å²) in [6.45, 7) is 2.19. The van der Waals surface area contributed by atoms with Crippen molar-refractivity contribution in [3.8, 4) is 0 Å². The van der Waals surface area contributed by atoms with Gasteiger partial charge >= 0.3 is 0 Å². The number of thioether (sulfide) groups is 1. The van der Waals surface area contributed by atoms with Crippen molar-refractivity contribution >= 4 is 11.8 Å². The number of hydrogen-bond acceptors (Lipinski definition) is 2. The standard InChI is InChI=1S/C10H18OS/c1-8-10(11,6-7-12-8)9-4-2-3-5-9/h8-9,11H,2-7H2,1H3. The third-order valence-corrected chi connectivity index (χ3v) is 4.98. The number of hydrogen-bond donors (Lipinski definition) is 1. The van der Waals surface area contributed by atoms with Gasteiger partial charge in [-0.15, -0.1) is 0 Å². The van der Waals surface area contributed by atoms with Crippen LogP contribution in [-0.2, 0) is 0 Å². The van der Waals surface area contributed by atoms with Crippen molar-refractivity contribution in [2.24, 2.45) is 5.92 Å². The van der Waals surface area contributed by atoms with Gasteiger partial charge in [-0.2, -0.15) is 11.8 Å². The molecule has 0 aromatic heterocycles. The fraction of sp³-hybridized carbons (Fsp3) is 1.00. The zero-order chi connectivity index (χ0) is 8.60. The Labute approximate surface area is 78.9 Å². The summed E-state index contributed by atoms with van der Waals surface area (Å²) in [5.74, 6) is 1.77. The lowest BCUT2D eigenvalue weighted by Crippen LogP contribution is -2.41. The van der Waals surface area contributed by atoms with E-state index < -0.39 is 0 Å². The molecule has 0 spiro atoms. The molecule has 0 bridgehead atoms. The van der Waals surface area contributed by atoms with Gasteiger partial charge in [-0.1, -0.05) is 19.8 Å². The summed E-state index contributed by atoms with van der Waals surface area (Å²) >= 11 is 1.94. The van der Waals surface area contributed by atoms with Gasteiger partial charge in [-0.05, 0) is 30.9 Å². The summed E-state index contributed by atoms with van der Waals surface area (Å²) in [6.07, 6.45) is 6.24. The Bertz CT molecular complexity index is 165. The molecule has 70 valence electrons. The lowest BCUT2D eigenvalue weighted by atomic mass is 9.82. The third kappa shape index (κ3) is 1.29. The maximum Gasteiger partial charge on any atom is 0.0798 e. The van der Waals surface area contributed by atoms with Gasteiger partial charge in [-0.3, -0.25) is 0 Å². The molecule has 1 N–H and O–H groups in total. The minimum absolute atomic E-state index is 0.304. The summed E-state index contributed by atoms with van der Waals surface area (Å²) in [5.41, 5.74) is -0.304. The topological polar surface area (TPSA) is 20.2 Å². The van der Waals surface area contributed by atoms with Gasteiger partial charge in [0, 0.05) is 5.25 Å². The molecule has 12 heavy (non-hydrogen) atoms. The van der Waals surface area contributed by atoms with Crippen LogP contribution in [0.4, 0.5) is 0 Å². The third-order valence-electron chi connectivity index (χ3n) is 3.64. The molecule has 0 radical (unpaired) electrons. The average Bonchev–Trinajstić information content (AvgIpc) is 2.62. The predicted octanol–water partition coefficient (Wildman–Crippen LogP) is 2.43. The smallest absolute Gasteiger partial charge is 0.0798 e. The van der Waals surface area contributed by atoms with Crippen LogP contribution in [0.15, 0.2) is 0 Å². The second-order valence-electron chi connectivity index (χ2n) is 4.24. The highest BCUT2D eigenvalue weighted by molar-refractivity contribution is 8.00. The summed E-state index contributed by atoms with van der Waals surface area (Å²) in [7, 11) is 0. The van der Waals surface area contributed by atoms with E-state index in [0.717, 1.165) is 12.2 Å². The van der Waals surface area contributed by atoms with Crippen molar-refractivity contribution in [1.82, 2.24) is 0 Å². The van der Waals surface area contributed by atoms with Gasteiger partial charge in [0.1, 0.15) is 0 Å². The van der Waals surface area contributed by atoms with Gasteiger partial charge in [0.15, 0.2) is 0 Å². The summed E-state index contributed by atoms with van der Waals surface area (Å²) in [5, 5.41) is 10.9. The van der Waals surface area contributed by atoms with Crippen molar-refractivity contribution in [1.29, 1.82) is 0 Å². The van der Waals surface area contributed by atoms with Crippen LogP contribution in [0.5, 0.6) is 0 Å². The van der Waals surface area contributed by atoms with E-state index in [-0.39, 0.29) is 5.60 Å². The Morgan fingerprint density at radius 3 is 2.50 bits per heavy atom. The first-order chi connectivity index (χ1) is 5.73. The Balaban J connectivity index is 2.07. The molecule has 2 fully saturated rings. The number of rotatable bonds is 1. The highest BCUT2D eigenvalue weighted by Crippen LogP contribution is 2.46. The Morgan fingerprint density at radius 2 is 2.00 bits per heavy atom. The van der Waals surface area contributed by atoms with Crippen LogP contribution in [0.2, 0.25) is 0 Å². The first-order valence-electron chi connectivity index (χ1n) is 5.07. The minimum atomic E-state index is -0.304. The quantitative estimate of drug-likeness (QED) is 0.678. The largest absolute Gasteiger partial charge is 0.388 e. The monoisotopic (exact) mass is 186 g/mol. The number of aliphatic hydroxyl groups is 1. The van der Waals surface area contributed by atoms with E-state index in [4.69, 9.17) is 0 Å². The molecule has 1 nitrogen and oxygen atoms in total. The molecule has 0 amide bonds. The molecule has 2 atom stereocenters. The second kappa shape index (κ2) is 3.22. The minimum Gasteiger partial charge on any atom is -0.388 e. The molecule has 1 heterocycles. The molecular weight excluding hydrogens is 168 g/mol. The van der Waals surface area contributed by atoms with Gasteiger partial charge in [-0.25, -0.2) is 0 Å². The Morgan fingerprint density at radius 1 is 1.33 bits per heavy atom. The zero-order valence-corrected chi connectivity index (χ0v) is 8.57. The van der Waals surface area contributed by atoms with Crippen LogP contribution in [0, 0.1) is 5.92 Å². The zero-order valence-electron chi connectivity index (χ0n) is 7.75. The lowest BCUT2D eigenvalue weighted by molar-refractivity contribution is -0.0108. The van der Waals surface area contributed by atoms with Gasteiger partial charge in [0.05, 0.1) is 5.60 Å². The van der Waals surface area contributed by atoms with Crippen LogP contribution in [-0.4, -0.2) is 21.7 Å².